The van der Waals surface area contributed by atoms with Crippen LogP contribution in [0.4, 0.5) is 0 Å². The number of carbonyl (C=O) groups is 1. The van der Waals surface area contributed by atoms with E-state index in [2.05, 4.69) is 89.9 Å². The first-order valence-corrected chi connectivity index (χ1v) is 11.5. The fourth-order valence-corrected chi connectivity index (χ4v) is 5.83. The van der Waals surface area contributed by atoms with Crippen molar-refractivity contribution in [1.29, 1.82) is 0 Å². The average Bonchev–Trinajstić information content (AvgIpc) is 3.34. The van der Waals surface area contributed by atoms with Crippen molar-refractivity contribution in [3.63, 3.8) is 0 Å². The standard InChI is InChI=1S/C27H31N3O/c1-19-11-13-22(14-12-19)27(16-15-25(31)30-20(2)7-6-8-21(30)3)24-10-5-4-9-23(24)26-28-17-18-29(26)27/h4-5,9-14,17-18,20-21H,6-8,15-16H2,1-3H3. The Bertz CT molecular complexity index is 1090. The molecule has 1 fully saturated rings. The molecule has 1 saturated heterocycles. The van der Waals surface area contributed by atoms with Crippen molar-refractivity contribution in [2.75, 3.05) is 0 Å². The first-order chi connectivity index (χ1) is 15.0. The van der Waals surface area contributed by atoms with Gasteiger partial charge in [0.15, 0.2) is 0 Å². The second-order valence-electron chi connectivity index (χ2n) is 9.32. The third kappa shape index (κ3) is 3.12. The molecule has 0 radical (unpaired) electrons. The third-order valence-corrected chi connectivity index (χ3v) is 7.38. The molecule has 4 nitrogen and oxygen atoms in total. The van der Waals surface area contributed by atoms with Gasteiger partial charge < -0.3 is 9.47 Å². The van der Waals surface area contributed by atoms with Gasteiger partial charge in [0.1, 0.15) is 5.82 Å². The second kappa shape index (κ2) is 7.67. The Morgan fingerprint density at radius 3 is 2.52 bits per heavy atom. The first kappa shape index (κ1) is 20.0. The number of carbonyl (C=O) groups excluding carboxylic acids is 1. The minimum Gasteiger partial charge on any atom is -0.337 e. The number of hydrogen-bond donors (Lipinski definition) is 0. The smallest absolute Gasteiger partial charge is 0.223 e. The average molecular weight is 414 g/mol. The summed E-state index contributed by atoms with van der Waals surface area (Å²) >= 11 is 0. The van der Waals surface area contributed by atoms with Gasteiger partial charge in [-0.05, 0) is 57.6 Å². The molecule has 4 heteroatoms. The molecule has 160 valence electrons. The van der Waals surface area contributed by atoms with Crippen LogP contribution >= 0.6 is 0 Å². The van der Waals surface area contributed by atoms with E-state index < -0.39 is 5.54 Å². The number of imidazole rings is 1. The van der Waals surface area contributed by atoms with E-state index in [-0.39, 0.29) is 5.91 Å². The number of aromatic nitrogens is 2. The minimum atomic E-state index is -0.409. The van der Waals surface area contributed by atoms with Gasteiger partial charge in [0.05, 0.1) is 5.54 Å². The van der Waals surface area contributed by atoms with Crippen molar-refractivity contribution in [2.24, 2.45) is 0 Å². The summed E-state index contributed by atoms with van der Waals surface area (Å²) in [6.45, 7) is 6.51. The van der Waals surface area contributed by atoms with Gasteiger partial charge in [-0.15, -0.1) is 0 Å². The van der Waals surface area contributed by atoms with E-state index >= 15 is 0 Å². The molecule has 2 aliphatic heterocycles. The molecule has 0 bridgehead atoms. The van der Waals surface area contributed by atoms with Crippen molar-refractivity contribution in [2.45, 2.75) is 70.5 Å². The van der Waals surface area contributed by atoms with Crippen LogP contribution in [0.1, 0.15) is 62.6 Å². The summed E-state index contributed by atoms with van der Waals surface area (Å²) in [6, 6.07) is 18.0. The van der Waals surface area contributed by atoms with Gasteiger partial charge in [0.2, 0.25) is 5.91 Å². The molecule has 0 aliphatic carbocycles. The van der Waals surface area contributed by atoms with Crippen LogP contribution in [0, 0.1) is 6.92 Å². The van der Waals surface area contributed by atoms with Crippen molar-refractivity contribution < 1.29 is 4.79 Å². The molecule has 3 unspecified atom stereocenters. The summed E-state index contributed by atoms with van der Waals surface area (Å²) in [6.07, 6.45) is 8.63. The van der Waals surface area contributed by atoms with Gasteiger partial charge >= 0.3 is 0 Å². The zero-order valence-electron chi connectivity index (χ0n) is 18.7. The Kier molecular flexibility index (Phi) is 4.96. The number of hydrogen-bond acceptors (Lipinski definition) is 2. The van der Waals surface area contributed by atoms with Gasteiger partial charge in [0.25, 0.3) is 0 Å². The zero-order chi connectivity index (χ0) is 21.6. The summed E-state index contributed by atoms with van der Waals surface area (Å²) in [5.74, 6) is 1.26. The molecular formula is C27H31N3O. The van der Waals surface area contributed by atoms with E-state index in [1.807, 2.05) is 6.20 Å². The van der Waals surface area contributed by atoms with Gasteiger partial charge in [-0.25, -0.2) is 4.98 Å². The zero-order valence-corrected chi connectivity index (χ0v) is 18.7. The molecule has 31 heavy (non-hydrogen) atoms. The van der Waals surface area contributed by atoms with E-state index in [0.29, 0.717) is 18.5 Å². The predicted octanol–water partition coefficient (Wildman–Crippen LogP) is 5.53. The molecule has 1 amide bonds. The number of aryl methyl sites for hydroxylation is 1. The van der Waals surface area contributed by atoms with Gasteiger partial charge in [-0.2, -0.15) is 0 Å². The topological polar surface area (TPSA) is 38.1 Å². The van der Waals surface area contributed by atoms with Crippen LogP contribution in [0.2, 0.25) is 0 Å². The summed E-state index contributed by atoms with van der Waals surface area (Å²) in [4.78, 5) is 20.3. The number of fused-ring (bicyclic) bond motifs is 3. The molecule has 2 aliphatic rings. The van der Waals surface area contributed by atoms with Crippen molar-refractivity contribution in [3.8, 4) is 11.4 Å². The molecule has 3 aromatic rings. The number of rotatable bonds is 4. The highest BCUT2D eigenvalue weighted by Gasteiger charge is 2.45. The van der Waals surface area contributed by atoms with Gasteiger partial charge in [0, 0.05) is 36.5 Å². The lowest BCUT2D eigenvalue weighted by Gasteiger charge is -2.40. The largest absolute Gasteiger partial charge is 0.337 e. The third-order valence-electron chi connectivity index (χ3n) is 7.38. The Hall–Kier alpha value is -2.88. The van der Waals surface area contributed by atoms with Gasteiger partial charge in [-0.1, -0.05) is 54.1 Å². The molecular weight excluding hydrogens is 382 g/mol. The summed E-state index contributed by atoms with van der Waals surface area (Å²) in [5, 5.41) is 0. The lowest BCUT2D eigenvalue weighted by atomic mass is 9.78. The monoisotopic (exact) mass is 413 g/mol. The molecule has 2 aromatic carbocycles. The van der Waals surface area contributed by atoms with Crippen LogP contribution in [0.25, 0.3) is 11.4 Å². The highest BCUT2D eigenvalue weighted by atomic mass is 16.2. The predicted molar refractivity (Wildman–Crippen MR) is 124 cm³/mol. The minimum absolute atomic E-state index is 0.275. The fraction of sp³-hybridized carbons (Fsp3) is 0.407. The Morgan fingerprint density at radius 2 is 1.77 bits per heavy atom. The summed E-state index contributed by atoms with van der Waals surface area (Å²) in [7, 11) is 0. The second-order valence-corrected chi connectivity index (χ2v) is 9.32. The van der Waals surface area contributed by atoms with Gasteiger partial charge in [-0.3, -0.25) is 4.79 Å². The Labute approximate surface area is 184 Å². The maximum Gasteiger partial charge on any atom is 0.223 e. The van der Waals surface area contributed by atoms with Crippen LogP contribution in [-0.2, 0) is 10.3 Å². The van der Waals surface area contributed by atoms with Crippen LogP contribution in [0.5, 0.6) is 0 Å². The van der Waals surface area contributed by atoms with Crippen LogP contribution < -0.4 is 0 Å². The Morgan fingerprint density at radius 1 is 1.06 bits per heavy atom. The SMILES string of the molecule is Cc1ccc(C2(CCC(=O)N3C(C)CCCC3C)c3ccccc3-c3nccn32)cc1. The lowest BCUT2D eigenvalue weighted by molar-refractivity contribution is -0.137. The van der Waals surface area contributed by atoms with E-state index in [1.165, 1.54) is 28.7 Å². The lowest BCUT2D eigenvalue weighted by Crippen LogP contribution is -2.48. The molecule has 1 aromatic heterocycles. The summed E-state index contributed by atoms with van der Waals surface area (Å²) in [5.41, 5.74) is 4.46. The highest BCUT2D eigenvalue weighted by Crippen LogP contribution is 2.49. The van der Waals surface area contributed by atoms with Crippen LogP contribution in [0.15, 0.2) is 60.9 Å². The number of amides is 1. The van der Waals surface area contributed by atoms with E-state index in [0.717, 1.165) is 25.1 Å². The molecule has 0 saturated carbocycles. The van der Waals surface area contributed by atoms with E-state index in [4.69, 9.17) is 0 Å². The number of likely N-dealkylation sites (tertiary alicyclic amines) is 1. The maximum absolute atomic E-state index is 13.5. The molecule has 0 spiro atoms. The normalized spacial score (nSPS) is 24.7. The quantitative estimate of drug-likeness (QED) is 0.564. The Balaban J connectivity index is 1.57. The number of benzene rings is 2. The molecule has 5 rings (SSSR count). The highest BCUT2D eigenvalue weighted by molar-refractivity contribution is 5.78. The molecule has 3 atom stereocenters. The van der Waals surface area contributed by atoms with E-state index in [1.54, 1.807) is 0 Å². The van der Waals surface area contributed by atoms with E-state index in [9.17, 15) is 4.79 Å². The summed E-state index contributed by atoms with van der Waals surface area (Å²) < 4.78 is 2.29. The van der Waals surface area contributed by atoms with Crippen LogP contribution in [0.3, 0.4) is 0 Å². The molecule has 3 heterocycles. The number of nitrogens with zero attached hydrogens (tertiary/aromatic N) is 3. The maximum atomic E-state index is 13.5. The van der Waals surface area contributed by atoms with Crippen molar-refractivity contribution in [3.05, 3.63) is 77.6 Å². The van der Waals surface area contributed by atoms with Crippen molar-refractivity contribution >= 4 is 5.91 Å². The molecule has 0 N–H and O–H groups in total. The first-order valence-electron chi connectivity index (χ1n) is 11.5. The van der Waals surface area contributed by atoms with Crippen LogP contribution in [-0.4, -0.2) is 32.4 Å². The van der Waals surface area contributed by atoms with Crippen molar-refractivity contribution in [1.82, 2.24) is 14.5 Å². The fourth-order valence-electron chi connectivity index (χ4n) is 5.83. The number of piperidine rings is 1.